The van der Waals surface area contributed by atoms with E-state index in [-0.39, 0.29) is 24.5 Å². The Balaban J connectivity index is 1.27. The summed E-state index contributed by atoms with van der Waals surface area (Å²) in [7, 11) is 0. The lowest BCUT2D eigenvalue weighted by molar-refractivity contribution is -0.137. The predicted octanol–water partition coefficient (Wildman–Crippen LogP) is 5.35. The molecule has 0 aliphatic carbocycles. The van der Waals surface area contributed by atoms with Crippen molar-refractivity contribution in [3.63, 3.8) is 0 Å². The van der Waals surface area contributed by atoms with Gasteiger partial charge in [-0.3, -0.25) is 9.69 Å². The van der Waals surface area contributed by atoms with Gasteiger partial charge in [0.25, 0.3) is 5.91 Å². The van der Waals surface area contributed by atoms with E-state index >= 15 is 0 Å². The van der Waals surface area contributed by atoms with E-state index in [1.165, 1.54) is 23.3 Å². The van der Waals surface area contributed by atoms with E-state index in [4.69, 9.17) is 9.47 Å². The summed E-state index contributed by atoms with van der Waals surface area (Å²) in [6.07, 6.45) is -3.47. The van der Waals surface area contributed by atoms with Crippen LogP contribution in [0.4, 0.5) is 13.2 Å². The maximum Gasteiger partial charge on any atom is 0.416 e. The van der Waals surface area contributed by atoms with Crippen LogP contribution >= 0.6 is 0 Å². The molecule has 6 rings (SSSR count). The molecule has 1 saturated heterocycles. The molecule has 0 radical (unpaired) electrons. The van der Waals surface area contributed by atoms with Gasteiger partial charge in [0.15, 0.2) is 11.5 Å². The molecular weight excluding hydrogens is 481 g/mol. The Kier molecular flexibility index (Phi) is 6.07. The van der Waals surface area contributed by atoms with Crippen LogP contribution < -0.4 is 9.47 Å². The highest BCUT2D eigenvalue weighted by Crippen LogP contribution is 2.39. The SMILES string of the molecule is O=C(c1ccc2c(c1)OCO2)N1CC(CN2CCc3ccccc3C2)C(c2cccc(C(F)(F)F)c2)C1. The Labute approximate surface area is 213 Å². The molecule has 3 aromatic rings. The third-order valence-corrected chi connectivity index (χ3v) is 7.69. The first-order chi connectivity index (χ1) is 17.8. The number of benzene rings is 3. The molecule has 3 aromatic carbocycles. The first-order valence-electron chi connectivity index (χ1n) is 12.5. The van der Waals surface area contributed by atoms with E-state index in [9.17, 15) is 18.0 Å². The fraction of sp³-hybridized carbons (Fsp3) is 0.345. The standard InChI is InChI=1S/C29H27F3N2O3/c30-29(31,32)24-7-3-6-20(12-24)25-17-34(28(35)21-8-9-26-27(13-21)37-18-36-26)16-23(25)15-33-11-10-19-4-1-2-5-22(19)14-33/h1-9,12-13,23,25H,10-11,14-18H2. The van der Waals surface area contributed by atoms with Crippen molar-refractivity contribution >= 4 is 5.91 Å². The molecule has 0 bridgehead atoms. The fourth-order valence-corrected chi connectivity index (χ4v) is 5.80. The number of nitrogens with zero attached hydrogens (tertiary/aromatic N) is 2. The maximum atomic E-state index is 13.5. The summed E-state index contributed by atoms with van der Waals surface area (Å²) in [5, 5.41) is 0. The molecule has 3 aliphatic rings. The van der Waals surface area contributed by atoms with Crippen LogP contribution in [0.1, 0.15) is 38.5 Å². The van der Waals surface area contributed by atoms with Crippen molar-refractivity contribution in [2.45, 2.75) is 25.1 Å². The number of hydrogen-bond acceptors (Lipinski definition) is 4. The van der Waals surface area contributed by atoms with Gasteiger partial charge in [-0.15, -0.1) is 0 Å². The van der Waals surface area contributed by atoms with Crippen LogP contribution in [0.25, 0.3) is 0 Å². The van der Waals surface area contributed by atoms with Crippen molar-refractivity contribution < 1.29 is 27.4 Å². The minimum Gasteiger partial charge on any atom is -0.454 e. The number of likely N-dealkylation sites (tertiary alicyclic amines) is 1. The van der Waals surface area contributed by atoms with E-state index in [2.05, 4.69) is 23.1 Å². The molecule has 8 heteroatoms. The minimum atomic E-state index is -4.41. The van der Waals surface area contributed by atoms with Gasteiger partial charge in [-0.1, -0.05) is 42.5 Å². The predicted molar refractivity (Wildman–Crippen MR) is 132 cm³/mol. The first-order valence-corrected chi connectivity index (χ1v) is 12.5. The molecular formula is C29H27F3N2O3. The zero-order valence-corrected chi connectivity index (χ0v) is 20.2. The van der Waals surface area contributed by atoms with E-state index in [0.717, 1.165) is 25.6 Å². The normalized spacial score (nSPS) is 21.2. The van der Waals surface area contributed by atoms with E-state index in [1.54, 1.807) is 29.2 Å². The summed E-state index contributed by atoms with van der Waals surface area (Å²) in [4.78, 5) is 17.6. The van der Waals surface area contributed by atoms with Crippen molar-refractivity contribution in [2.75, 3.05) is 33.0 Å². The fourth-order valence-electron chi connectivity index (χ4n) is 5.80. The van der Waals surface area contributed by atoms with Gasteiger partial charge in [0.05, 0.1) is 5.56 Å². The Bertz CT molecular complexity index is 1330. The van der Waals surface area contributed by atoms with Crippen LogP contribution in [0.2, 0.25) is 0 Å². The van der Waals surface area contributed by atoms with E-state index in [0.29, 0.717) is 42.3 Å². The van der Waals surface area contributed by atoms with E-state index < -0.39 is 11.7 Å². The van der Waals surface area contributed by atoms with Gasteiger partial charge in [-0.05, 0) is 53.3 Å². The average Bonchev–Trinajstić information content (AvgIpc) is 3.54. The second-order valence-corrected chi connectivity index (χ2v) is 10.0. The number of hydrogen-bond donors (Lipinski definition) is 0. The highest BCUT2D eigenvalue weighted by Gasteiger charge is 2.39. The third-order valence-electron chi connectivity index (χ3n) is 7.69. The van der Waals surface area contributed by atoms with Crippen molar-refractivity contribution in [1.82, 2.24) is 9.80 Å². The summed E-state index contributed by atoms with van der Waals surface area (Å²) in [5.74, 6) is 0.789. The number of fused-ring (bicyclic) bond motifs is 2. The number of ether oxygens (including phenoxy) is 2. The molecule has 0 N–H and O–H groups in total. The van der Waals surface area contributed by atoms with Crippen molar-refractivity contribution in [3.8, 4) is 11.5 Å². The molecule has 3 heterocycles. The van der Waals surface area contributed by atoms with Crippen LogP contribution in [0, 0.1) is 5.92 Å². The molecule has 192 valence electrons. The molecule has 1 amide bonds. The number of amides is 1. The first kappa shape index (κ1) is 23.9. The van der Waals surface area contributed by atoms with Crippen LogP contribution in [-0.2, 0) is 19.1 Å². The summed E-state index contributed by atoms with van der Waals surface area (Å²) in [6.45, 7) is 3.36. The van der Waals surface area contributed by atoms with Gasteiger partial charge in [-0.25, -0.2) is 0 Å². The largest absolute Gasteiger partial charge is 0.454 e. The van der Waals surface area contributed by atoms with Gasteiger partial charge in [-0.2, -0.15) is 13.2 Å². The summed E-state index contributed by atoms with van der Waals surface area (Å²) >= 11 is 0. The topological polar surface area (TPSA) is 42.0 Å². The summed E-state index contributed by atoms with van der Waals surface area (Å²) < 4.78 is 51.3. The lowest BCUT2D eigenvalue weighted by atomic mass is 9.87. The minimum absolute atomic E-state index is 0.00621. The Hall–Kier alpha value is -3.52. The summed E-state index contributed by atoms with van der Waals surface area (Å²) in [5.41, 5.74) is 3.09. The van der Waals surface area contributed by atoms with Crippen LogP contribution in [-0.4, -0.2) is 48.7 Å². The second kappa shape index (κ2) is 9.41. The van der Waals surface area contributed by atoms with Crippen molar-refractivity contribution in [1.29, 1.82) is 0 Å². The molecule has 1 fully saturated rings. The number of carbonyl (C=O) groups is 1. The number of halogens is 3. The second-order valence-electron chi connectivity index (χ2n) is 10.0. The van der Waals surface area contributed by atoms with Gasteiger partial charge in [0.2, 0.25) is 6.79 Å². The molecule has 0 aromatic heterocycles. The zero-order valence-electron chi connectivity index (χ0n) is 20.2. The molecule has 5 nitrogen and oxygen atoms in total. The van der Waals surface area contributed by atoms with Gasteiger partial charge < -0.3 is 14.4 Å². The molecule has 2 unspecified atom stereocenters. The van der Waals surface area contributed by atoms with Crippen LogP contribution in [0.3, 0.4) is 0 Å². The monoisotopic (exact) mass is 508 g/mol. The van der Waals surface area contributed by atoms with Crippen molar-refractivity contribution in [2.24, 2.45) is 5.92 Å². The average molecular weight is 509 g/mol. The smallest absolute Gasteiger partial charge is 0.416 e. The number of carbonyl (C=O) groups excluding carboxylic acids is 1. The van der Waals surface area contributed by atoms with Gasteiger partial charge >= 0.3 is 6.18 Å². The number of alkyl halides is 3. The van der Waals surface area contributed by atoms with Crippen LogP contribution in [0.15, 0.2) is 66.7 Å². The van der Waals surface area contributed by atoms with E-state index in [1.807, 2.05) is 6.07 Å². The molecule has 0 spiro atoms. The Morgan fingerprint density at radius 1 is 0.919 bits per heavy atom. The zero-order chi connectivity index (χ0) is 25.6. The molecule has 2 atom stereocenters. The third kappa shape index (κ3) is 4.78. The molecule has 0 saturated carbocycles. The number of rotatable bonds is 4. The highest BCUT2D eigenvalue weighted by atomic mass is 19.4. The van der Waals surface area contributed by atoms with Gasteiger partial charge in [0.1, 0.15) is 0 Å². The quantitative estimate of drug-likeness (QED) is 0.477. The Morgan fingerprint density at radius 3 is 2.57 bits per heavy atom. The molecule has 3 aliphatic heterocycles. The maximum absolute atomic E-state index is 13.5. The lowest BCUT2D eigenvalue weighted by Crippen LogP contribution is -2.37. The highest BCUT2D eigenvalue weighted by molar-refractivity contribution is 5.95. The Morgan fingerprint density at radius 2 is 1.73 bits per heavy atom. The van der Waals surface area contributed by atoms with Crippen LogP contribution in [0.5, 0.6) is 11.5 Å². The van der Waals surface area contributed by atoms with Gasteiger partial charge in [0, 0.05) is 44.2 Å². The molecule has 37 heavy (non-hydrogen) atoms. The van der Waals surface area contributed by atoms with Crippen molar-refractivity contribution in [3.05, 3.63) is 94.5 Å². The lowest BCUT2D eigenvalue weighted by Gasteiger charge is -2.32. The summed E-state index contributed by atoms with van der Waals surface area (Å²) in [6, 6.07) is 19.1.